The number of hydrogen-bond acceptors (Lipinski definition) is 5. The van der Waals surface area contributed by atoms with Crippen LogP contribution in [-0.4, -0.2) is 46.3 Å². The van der Waals surface area contributed by atoms with Gasteiger partial charge in [-0.25, -0.2) is 9.78 Å². The molecule has 3 N–H and O–H groups in total. The minimum absolute atomic E-state index is 0.159. The van der Waals surface area contributed by atoms with E-state index in [2.05, 4.69) is 15.2 Å². The number of carboxylic acid groups (broad SMARTS) is 1. The van der Waals surface area contributed by atoms with Crippen LogP contribution in [0.5, 0.6) is 0 Å². The Balaban J connectivity index is 1.88. The molecule has 2 aromatic rings. The Morgan fingerprint density at radius 3 is 2.36 bits per heavy atom. The molecule has 0 saturated carbocycles. The van der Waals surface area contributed by atoms with E-state index in [1.165, 1.54) is 6.07 Å². The molecule has 2 heterocycles. The summed E-state index contributed by atoms with van der Waals surface area (Å²) in [6, 6.07) is 6.96. The van der Waals surface area contributed by atoms with Crippen molar-refractivity contribution in [3.63, 3.8) is 0 Å². The number of carbonyl (C=O) groups excluding carboxylic acids is 1. The van der Waals surface area contributed by atoms with Gasteiger partial charge in [0.15, 0.2) is 0 Å². The monoisotopic (exact) mass is 383 g/mol. The Morgan fingerprint density at radius 1 is 1.07 bits per heavy atom. The fourth-order valence-electron chi connectivity index (χ4n) is 3.46. The first kappa shape index (κ1) is 19.8. The summed E-state index contributed by atoms with van der Waals surface area (Å²) in [4.78, 5) is 30.9. The number of carbonyl (C=O) groups is 2. The third kappa shape index (κ3) is 3.99. The zero-order valence-electron chi connectivity index (χ0n) is 16.3. The molecule has 1 aliphatic rings. The lowest BCUT2D eigenvalue weighted by atomic mass is 10.0. The molecule has 7 heteroatoms. The minimum atomic E-state index is -1.03. The van der Waals surface area contributed by atoms with Crippen molar-refractivity contribution in [1.29, 1.82) is 0 Å². The van der Waals surface area contributed by atoms with E-state index in [-0.39, 0.29) is 17.6 Å². The molecule has 28 heavy (non-hydrogen) atoms. The standard InChI is InChI=1S/C21H25N3O4/c1-12-4-6-16(21(27)28)14(3)18(12)23-20(26)19-13(2)5-7-17(22-19)24-10-8-15(25)9-11-24/h4-7,15,25H,8-11H2,1-3H3,(H,23,26)(H,27,28). The zero-order valence-corrected chi connectivity index (χ0v) is 16.3. The van der Waals surface area contributed by atoms with Crippen LogP contribution in [0.3, 0.4) is 0 Å². The molecular weight excluding hydrogens is 358 g/mol. The second kappa shape index (κ2) is 7.98. The van der Waals surface area contributed by atoms with Gasteiger partial charge < -0.3 is 20.4 Å². The molecular formula is C21H25N3O4. The highest BCUT2D eigenvalue weighted by molar-refractivity contribution is 6.06. The molecule has 0 spiro atoms. The van der Waals surface area contributed by atoms with Gasteiger partial charge in [0.1, 0.15) is 11.5 Å². The third-order valence-corrected chi connectivity index (χ3v) is 5.23. The molecule has 0 bridgehead atoms. The lowest BCUT2D eigenvalue weighted by molar-refractivity contribution is 0.0695. The zero-order chi connectivity index (χ0) is 20.4. The van der Waals surface area contributed by atoms with Gasteiger partial charge in [0, 0.05) is 18.8 Å². The van der Waals surface area contributed by atoms with Gasteiger partial charge in [0.25, 0.3) is 5.91 Å². The van der Waals surface area contributed by atoms with E-state index in [9.17, 15) is 19.8 Å². The maximum Gasteiger partial charge on any atom is 0.336 e. The number of pyridine rings is 1. The summed E-state index contributed by atoms with van der Waals surface area (Å²) in [6.45, 7) is 6.71. The number of amides is 1. The largest absolute Gasteiger partial charge is 0.478 e. The fourth-order valence-corrected chi connectivity index (χ4v) is 3.46. The number of hydrogen-bond donors (Lipinski definition) is 3. The van der Waals surface area contributed by atoms with Gasteiger partial charge in [-0.2, -0.15) is 0 Å². The molecule has 1 aliphatic heterocycles. The average Bonchev–Trinajstić information content (AvgIpc) is 2.65. The maximum absolute atomic E-state index is 12.9. The van der Waals surface area contributed by atoms with Crippen LogP contribution in [0.2, 0.25) is 0 Å². The molecule has 3 rings (SSSR count). The first-order chi connectivity index (χ1) is 13.3. The average molecular weight is 383 g/mol. The third-order valence-electron chi connectivity index (χ3n) is 5.23. The van der Waals surface area contributed by atoms with Crippen LogP contribution in [0.4, 0.5) is 11.5 Å². The van der Waals surface area contributed by atoms with E-state index in [1.54, 1.807) is 13.0 Å². The number of aromatic carboxylic acids is 1. The SMILES string of the molecule is Cc1ccc(N2CCC(O)CC2)nc1C(=O)Nc1c(C)ccc(C(=O)O)c1C. The summed E-state index contributed by atoms with van der Waals surface area (Å²) >= 11 is 0. The quantitative estimate of drug-likeness (QED) is 0.750. The number of aryl methyl sites for hydroxylation is 2. The van der Waals surface area contributed by atoms with Crippen LogP contribution < -0.4 is 10.2 Å². The highest BCUT2D eigenvalue weighted by Crippen LogP contribution is 2.25. The molecule has 1 fully saturated rings. The topological polar surface area (TPSA) is 103 Å². The molecule has 1 amide bonds. The Morgan fingerprint density at radius 2 is 1.71 bits per heavy atom. The normalized spacial score (nSPS) is 14.8. The molecule has 7 nitrogen and oxygen atoms in total. The van der Waals surface area contributed by atoms with E-state index in [0.29, 0.717) is 48.7 Å². The molecule has 1 saturated heterocycles. The summed E-state index contributed by atoms with van der Waals surface area (Å²) in [5.41, 5.74) is 3.00. The number of benzene rings is 1. The molecule has 0 radical (unpaired) electrons. The summed E-state index contributed by atoms with van der Waals surface area (Å²) in [5.74, 6) is -0.697. The second-order valence-electron chi connectivity index (χ2n) is 7.24. The van der Waals surface area contributed by atoms with Gasteiger partial charge >= 0.3 is 5.97 Å². The summed E-state index contributed by atoms with van der Waals surface area (Å²) < 4.78 is 0. The number of nitrogens with zero attached hydrogens (tertiary/aromatic N) is 2. The van der Waals surface area contributed by atoms with Crippen molar-refractivity contribution in [2.75, 3.05) is 23.3 Å². The predicted molar refractivity (Wildman–Crippen MR) is 107 cm³/mol. The molecule has 148 valence electrons. The van der Waals surface area contributed by atoms with Crippen molar-refractivity contribution >= 4 is 23.4 Å². The fraction of sp³-hybridized carbons (Fsp3) is 0.381. The lowest BCUT2D eigenvalue weighted by Gasteiger charge is -2.30. The molecule has 0 unspecified atom stereocenters. The van der Waals surface area contributed by atoms with Crippen LogP contribution in [0.1, 0.15) is 50.4 Å². The van der Waals surface area contributed by atoms with E-state index in [4.69, 9.17) is 0 Å². The van der Waals surface area contributed by atoms with Gasteiger partial charge in [0.2, 0.25) is 0 Å². The number of carboxylic acids is 1. The number of aliphatic hydroxyl groups is 1. The second-order valence-corrected chi connectivity index (χ2v) is 7.24. The van der Waals surface area contributed by atoms with Crippen molar-refractivity contribution < 1.29 is 19.8 Å². The van der Waals surface area contributed by atoms with Gasteiger partial charge in [-0.3, -0.25) is 4.79 Å². The molecule has 0 atom stereocenters. The summed E-state index contributed by atoms with van der Waals surface area (Å²) in [6.07, 6.45) is 1.08. The number of anilines is 2. The first-order valence-electron chi connectivity index (χ1n) is 9.33. The Hall–Kier alpha value is -2.93. The summed E-state index contributed by atoms with van der Waals surface area (Å²) in [5, 5.41) is 21.9. The van der Waals surface area contributed by atoms with Gasteiger partial charge in [-0.05, 0) is 62.4 Å². The predicted octanol–water partition coefficient (Wildman–Crippen LogP) is 2.92. The molecule has 0 aliphatic carbocycles. The van der Waals surface area contributed by atoms with E-state index >= 15 is 0 Å². The first-order valence-corrected chi connectivity index (χ1v) is 9.33. The number of aromatic nitrogens is 1. The Kier molecular flexibility index (Phi) is 5.65. The lowest BCUT2D eigenvalue weighted by Crippen LogP contribution is -2.36. The van der Waals surface area contributed by atoms with Crippen LogP contribution in [-0.2, 0) is 0 Å². The van der Waals surface area contributed by atoms with Crippen molar-refractivity contribution in [2.24, 2.45) is 0 Å². The van der Waals surface area contributed by atoms with E-state index in [1.807, 2.05) is 26.0 Å². The number of piperidine rings is 1. The van der Waals surface area contributed by atoms with Crippen molar-refractivity contribution in [3.8, 4) is 0 Å². The summed E-state index contributed by atoms with van der Waals surface area (Å²) in [7, 11) is 0. The molecule has 1 aromatic carbocycles. The molecule has 1 aromatic heterocycles. The van der Waals surface area contributed by atoms with Crippen LogP contribution in [0.25, 0.3) is 0 Å². The van der Waals surface area contributed by atoms with Crippen LogP contribution in [0, 0.1) is 20.8 Å². The highest BCUT2D eigenvalue weighted by atomic mass is 16.4. The van der Waals surface area contributed by atoms with Crippen molar-refractivity contribution in [2.45, 2.75) is 39.7 Å². The van der Waals surface area contributed by atoms with Crippen molar-refractivity contribution in [3.05, 3.63) is 52.2 Å². The Labute approximate surface area is 164 Å². The van der Waals surface area contributed by atoms with E-state index in [0.717, 1.165) is 11.1 Å². The van der Waals surface area contributed by atoms with Crippen molar-refractivity contribution in [1.82, 2.24) is 4.98 Å². The number of rotatable bonds is 4. The van der Waals surface area contributed by atoms with Crippen LogP contribution >= 0.6 is 0 Å². The van der Waals surface area contributed by atoms with Crippen LogP contribution in [0.15, 0.2) is 24.3 Å². The minimum Gasteiger partial charge on any atom is -0.478 e. The number of nitrogens with one attached hydrogen (secondary N) is 1. The Bertz CT molecular complexity index is 918. The highest BCUT2D eigenvalue weighted by Gasteiger charge is 2.21. The van der Waals surface area contributed by atoms with Gasteiger partial charge in [-0.15, -0.1) is 0 Å². The van der Waals surface area contributed by atoms with Gasteiger partial charge in [0.05, 0.1) is 11.7 Å². The van der Waals surface area contributed by atoms with Gasteiger partial charge in [-0.1, -0.05) is 12.1 Å². The smallest absolute Gasteiger partial charge is 0.336 e. The number of aliphatic hydroxyl groups excluding tert-OH is 1. The van der Waals surface area contributed by atoms with E-state index < -0.39 is 5.97 Å². The maximum atomic E-state index is 12.9.